The molecule has 0 aromatic rings. The van der Waals surface area contributed by atoms with Gasteiger partial charge in [0.2, 0.25) is 5.91 Å². The number of carbonyl (C=O) groups is 1. The molecule has 1 aliphatic heterocycles. The van der Waals surface area contributed by atoms with Gasteiger partial charge in [-0.2, -0.15) is 0 Å². The Kier molecular flexibility index (Phi) is 9.38. The highest BCUT2D eigenvalue weighted by atomic mass is 35.5. The number of ether oxygens (including phenoxy) is 1. The van der Waals surface area contributed by atoms with Crippen molar-refractivity contribution in [1.82, 2.24) is 10.2 Å². The number of amides is 1. The molecular formula is C14H30ClN3O2. The van der Waals surface area contributed by atoms with Gasteiger partial charge in [0.25, 0.3) is 0 Å². The zero-order valence-corrected chi connectivity index (χ0v) is 13.8. The quantitative estimate of drug-likeness (QED) is 0.740. The van der Waals surface area contributed by atoms with E-state index in [1.165, 1.54) is 0 Å². The van der Waals surface area contributed by atoms with Crippen molar-refractivity contribution in [3.05, 3.63) is 0 Å². The molecule has 6 heteroatoms. The third-order valence-corrected chi connectivity index (χ3v) is 3.82. The Morgan fingerprint density at radius 2 is 2.05 bits per heavy atom. The molecule has 1 amide bonds. The highest BCUT2D eigenvalue weighted by Gasteiger charge is 2.30. The Labute approximate surface area is 129 Å². The first-order chi connectivity index (χ1) is 8.99. The summed E-state index contributed by atoms with van der Waals surface area (Å²) >= 11 is 0. The maximum Gasteiger partial charge on any atom is 0.240 e. The van der Waals surface area contributed by atoms with Crippen LogP contribution in [0.1, 0.15) is 39.5 Å². The molecule has 1 rings (SSSR count). The summed E-state index contributed by atoms with van der Waals surface area (Å²) in [5, 5.41) is 3.10. The van der Waals surface area contributed by atoms with E-state index in [2.05, 4.69) is 10.2 Å². The van der Waals surface area contributed by atoms with Crippen molar-refractivity contribution in [2.45, 2.75) is 51.1 Å². The van der Waals surface area contributed by atoms with Gasteiger partial charge in [-0.15, -0.1) is 12.4 Å². The monoisotopic (exact) mass is 307 g/mol. The first-order valence-electron chi connectivity index (χ1n) is 7.30. The average molecular weight is 308 g/mol. The van der Waals surface area contributed by atoms with Gasteiger partial charge in [0.05, 0.1) is 12.1 Å². The van der Waals surface area contributed by atoms with Gasteiger partial charge in [0.1, 0.15) is 0 Å². The van der Waals surface area contributed by atoms with E-state index >= 15 is 0 Å². The SMILES string of the molecule is CCCC(C)(N)C(=O)NC1CCN(CCOC)CC1.Cl. The van der Waals surface area contributed by atoms with Crippen molar-refractivity contribution < 1.29 is 9.53 Å². The standard InChI is InChI=1S/C14H29N3O2.ClH/c1-4-7-14(2,15)13(18)16-12-5-8-17(9-6-12)10-11-19-3;/h12H,4-11,15H2,1-3H3,(H,16,18);1H. The maximum atomic E-state index is 12.1. The van der Waals surface area contributed by atoms with E-state index in [-0.39, 0.29) is 24.4 Å². The number of rotatable bonds is 7. The molecule has 20 heavy (non-hydrogen) atoms. The van der Waals surface area contributed by atoms with Crippen LogP contribution in [0, 0.1) is 0 Å². The Hall–Kier alpha value is -0.360. The highest BCUT2D eigenvalue weighted by molar-refractivity contribution is 5.86. The van der Waals surface area contributed by atoms with E-state index in [0.717, 1.165) is 51.9 Å². The Bertz CT molecular complexity index is 280. The minimum atomic E-state index is -0.734. The molecule has 5 nitrogen and oxygen atoms in total. The first kappa shape index (κ1) is 19.6. The van der Waals surface area contributed by atoms with Gasteiger partial charge in [-0.25, -0.2) is 0 Å². The first-order valence-corrected chi connectivity index (χ1v) is 7.30. The number of nitrogens with zero attached hydrogens (tertiary/aromatic N) is 1. The second-order valence-corrected chi connectivity index (χ2v) is 5.75. The van der Waals surface area contributed by atoms with E-state index in [1.54, 1.807) is 7.11 Å². The third-order valence-electron chi connectivity index (χ3n) is 3.82. The Morgan fingerprint density at radius 1 is 1.45 bits per heavy atom. The molecule has 1 unspecified atom stereocenters. The second kappa shape index (κ2) is 9.55. The van der Waals surface area contributed by atoms with Crippen LogP contribution in [0.5, 0.6) is 0 Å². The molecule has 0 aromatic heterocycles. The molecule has 1 aliphatic rings. The molecule has 1 atom stereocenters. The van der Waals surface area contributed by atoms with E-state index < -0.39 is 5.54 Å². The van der Waals surface area contributed by atoms with Crippen LogP contribution in [0.2, 0.25) is 0 Å². The summed E-state index contributed by atoms with van der Waals surface area (Å²) in [6.07, 6.45) is 3.65. The maximum absolute atomic E-state index is 12.1. The summed E-state index contributed by atoms with van der Waals surface area (Å²) in [5.74, 6) is -0.00954. The Morgan fingerprint density at radius 3 is 2.55 bits per heavy atom. The highest BCUT2D eigenvalue weighted by Crippen LogP contribution is 2.13. The predicted molar refractivity (Wildman–Crippen MR) is 84.2 cm³/mol. The molecule has 0 saturated carbocycles. The molecular weight excluding hydrogens is 278 g/mol. The van der Waals surface area contributed by atoms with Crippen LogP contribution in [0.25, 0.3) is 0 Å². The predicted octanol–water partition coefficient (Wildman–Crippen LogP) is 1.15. The molecule has 120 valence electrons. The van der Waals surface area contributed by atoms with E-state index in [9.17, 15) is 4.79 Å². The lowest BCUT2D eigenvalue weighted by Crippen LogP contribution is -2.55. The van der Waals surface area contributed by atoms with Crippen LogP contribution < -0.4 is 11.1 Å². The van der Waals surface area contributed by atoms with E-state index in [1.807, 2.05) is 13.8 Å². The van der Waals surface area contributed by atoms with Crippen LogP contribution in [0.3, 0.4) is 0 Å². The van der Waals surface area contributed by atoms with Gasteiger partial charge < -0.3 is 20.7 Å². The smallest absolute Gasteiger partial charge is 0.240 e. The van der Waals surface area contributed by atoms with Crippen LogP contribution in [0.15, 0.2) is 0 Å². The van der Waals surface area contributed by atoms with Crippen molar-refractivity contribution in [1.29, 1.82) is 0 Å². The number of hydrogen-bond acceptors (Lipinski definition) is 4. The zero-order chi connectivity index (χ0) is 14.3. The Balaban J connectivity index is 0.00000361. The molecule has 0 spiro atoms. The van der Waals surface area contributed by atoms with Crippen molar-refractivity contribution in [3.8, 4) is 0 Å². The topological polar surface area (TPSA) is 67.6 Å². The number of piperidine rings is 1. The van der Waals surface area contributed by atoms with Crippen LogP contribution in [-0.2, 0) is 9.53 Å². The van der Waals surface area contributed by atoms with Crippen molar-refractivity contribution in [2.75, 3.05) is 33.4 Å². The number of likely N-dealkylation sites (tertiary alicyclic amines) is 1. The van der Waals surface area contributed by atoms with E-state index in [4.69, 9.17) is 10.5 Å². The van der Waals surface area contributed by atoms with Gasteiger partial charge in [-0.05, 0) is 26.2 Å². The number of nitrogens with two attached hydrogens (primary N) is 1. The molecule has 0 aromatic carbocycles. The summed E-state index contributed by atoms with van der Waals surface area (Å²) in [6.45, 7) is 7.65. The molecule has 1 fully saturated rings. The van der Waals surface area contributed by atoms with Crippen molar-refractivity contribution >= 4 is 18.3 Å². The average Bonchev–Trinajstić information content (AvgIpc) is 2.38. The van der Waals surface area contributed by atoms with Crippen molar-refractivity contribution in [2.24, 2.45) is 5.73 Å². The minimum Gasteiger partial charge on any atom is -0.383 e. The number of hydrogen-bond donors (Lipinski definition) is 2. The molecule has 1 saturated heterocycles. The zero-order valence-electron chi connectivity index (χ0n) is 13.0. The number of halogens is 1. The number of methoxy groups -OCH3 is 1. The van der Waals surface area contributed by atoms with Crippen molar-refractivity contribution in [3.63, 3.8) is 0 Å². The fourth-order valence-electron chi connectivity index (χ4n) is 2.50. The van der Waals surface area contributed by atoms with Gasteiger partial charge in [-0.3, -0.25) is 4.79 Å². The summed E-state index contributed by atoms with van der Waals surface area (Å²) < 4.78 is 5.08. The van der Waals surface area contributed by atoms with Crippen LogP contribution in [-0.4, -0.2) is 55.7 Å². The minimum absolute atomic E-state index is 0. The normalized spacial score (nSPS) is 20.0. The van der Waals surface area contributed by atoms with E-state index in [0.29, 0.717) is 0 Å². The lowest BCUT2D eigenvalue weighted by atomic mass is 9.95. The molecule has 1 heterocycles. The number of nitrogens with one attached hydrogen (secondary N) is 1. The second-order valence-electron chi connectivity index (χ2n) is 5.75. The largest absolute Gasteiger partial charge is 0.383 e. The van der Waals surface area contributed by atoms with Gasteiger partial charge >= 0.3 is 0 Å². The van der Waals surface area contributed by atoms with Crippen LogP contribution in [0.4, 0.5) is 0 Å². The van der Waals surface area contributed by atoms with Gasteiger partial charge in [-0.1, -0.05) is 13.3 Å². The molecule has 0 bridgehead atoms. The fraction of sp³-hybridized carbons (Fsp3) is 0.929. The molecule has 3 N–H and O–H groups in total. The van der Waals surface area contributed by atoms with Crippen LogP contribution >= 0.6 is 12.4 Å². The third kappa shape index (κ3) is 6.39. The van der Waals surface area contributed by atoms with Gasteiger partial charge in [0, 0.05) is 32.8 Å². The summed E-state index contributed by atoms with van der Waals surface area (Å²) in [5.41, 5.74) is 5.31. The number of carbonyl (C=O) groups excluding carboxylic acids is 1. The summed E-state index contributed by atoms with van der Waals surface area (Å²) in [7, 11) is 1.72. The lowest BCUT2D eigenvalue weighted by Gasteiger charge is -2.34. The lowest BCUT2D eigenvalue weighted by molar-refractivity contribution is -0.127. The molecule has 0 aliphatic carbocycles. The summed E-state index contributed by atoms with van der Waals surface area (Å²) in [4.78, 5) is 14.5. The fourth-order valence-corrected chi connectivity index (χ4v) is 2.50. The molecule has 0 radical (unpaired) electrons. The van der Waals surface area contributed by atoms with Gasteiger partial charge in [0.15, 0.2) is 0 Å². The summed E-state index contributed by atoms with van der Waals surface area (Å²) in [6, 6.07) is 0.269.